The first-order valence-electron chi connectivity index (χ1n) is 10.9. The number of alkyl halides is 3. The van der Waals surface area contributed by atoms with E-state index in [2.05, 4.69) is 0 Å². The molecule has 7 heteroatoms. The van der Waals surface area contributed by atoms with E-state index in [1.807, 2.05) is 6.92 Å². The summed E-state index contributed by atoms with van der Waals surface area (Å²) in [6.45, 7) is 5.50. The second kappa shape index (κ2) is 10.6. The third kappa shape index (κ3) is 6.18. The molecule has 1 atom stereocenters. The minimum absolute atomic E-state index is 0.198. The summed E-state index contributed by atoms with van der Waals surface area (Å²) >= 11 is 0. The normalized spacial score (nSPS) is 12.4. The number of hydrogen-bond acceptors (Lipinski definition) is 3. The molecule has 4 nitrogen and oxygen atoms in total. The maximum absolute atomic E-state index is 13.8. The Labute approximate surface area is 202 Å². The summed E-state index contributed by atoms with van der Waals surface area (Å²) in [7, 11) is 1.41. The third-order valence-corrected chi connectivity index (χ3v) is 5.87. The molecule has 35 heavy (non-hydrogen) atoms. The molecule has 1 amide bonds. The summed E-state index contributed by atoms with van der Waals surface area (Å²) in [6.07, 6.45) is -1.28. The van der Waals surface area contributed by atoms with Crippen LogP contribution in [0.25, 0.3) is 6.08 Å². The topological polar surface area (TPSA) is 46.6 Å². The lowest BCUT2D eigenvalue weighted by Gasteiger charge is -2.20. The van der Waals surface area contributed by atoms with Crippen LogP contribution in [-0.2, 0) is 0 Å². The highest BCUT2D eigenvalue weighted by Gasteiger charge is 2.39. The zero-order chi connectivity index (χ0) is 25.8. The molecule has 0 N–H and O–H groups in total. The molecule has 1 unspecified atom stereocenters. The number of hydrogen-bond donors (Lipinski definition) is 0. The zero-order valence-electron chi connectivity index (χ0n) is 19.9. The minimum Gasteiger partial charge on any atom is -0.377 e. The Morgan fingerprint density at radius 3 is 2.14 bits per heavy atom. The van der Waals surface area contributed by atoms with Crippen molar-refractivity contribution in [3.05, 3.63) is 106 Å². The predicted octanol–water partition coefficient (Wildman–Crippen LogP) is 6.85. The van der Waals surface area contributed by atoms with Gasteiger partial charge in [0, 0.05) is 12.6 Å². The van der Waals surface area contributed by atoms with Crippen molar-refractivity contribution in [2.45, 2.75) is 32.9 Å². The molecule has 0 aromatic heterocycles. The second-order valence-corrected chi connectivity index (χ2v) is 8.33. The average Bonchev–Trinajstić information content (AvgIpc) is 2.82. The standard InChI is InChI=1S/C28H26F3NO3/c1-18-15-23(16-19(2)20(18)3)26(28(29,30)31)14-11-21-9-12-24(13-10-21)35-32(4)27(34)25-8-6-5-7-22(25)17-33/h5-17,26H,1-4H3/b14-11+. The Hall–Kier alpha value is -3.87. The fourth-order valence-corrected chi connectivity index (χ4v) is 3.67. The van der Waals surface area contributed by atoms with Gasteiger partial charge in [0.05, 0.1) is 11.5 Å². The van der Waals surface area contributed by atoms with Gasteiger partial charge in [-0.1, -0.05) is 54.6 Å². The number of carbonyl (C=O) groups is 2. The van der Waals surface area contributed by atoms with Crippen LogP contribution in [0.5, 0.6) is 5.75 Å². The van der Waals surface area contributed by atoms with Gasteiger partial charge in [-0.05, 0) is 66.8 Å². The fraction of sp³-hybridized carbons (Fsp3) is 0.214. The van der Waals surface area contributed by atoms with Crippen LogP contribution in [0.2, 0.25) is 0 Å². The molecule has 3 aromatic rings. The van der Waals surface area contributed by atoms with Crippen molar-refractivity contribution in [3.63, 3.8) is 0 Å². The first-order valence-corrected chi connectivity index (χ1v) is 10.9. The number of carbonyl (C=O) groups excluding carboxylic acids is 2. The number of rotatable bonds is 7. The largest absolute Gasteiger partial charge is 0.399 e. The average molecular weight is 482 g/mol. The molecule has 0 fully saturated rings. The summed E-state index contributed by atoms with van der Waals surface area (Å²) in [5, 5.41) is 0.995. The van der Waals surface area contributed by atoms with E-state index < -0.39 is 18.0 Å². The maximum atomic E-state index is 13.8. The van der Waals surface area contributed by atoms with Crippen molar-refractivity contribution in [1.29, 1.82) is 0 Å². The van der Waals surface area contributed by atoms with Crippen molar-refractivity contribution in [3.8, 4) is 5.75 Å². The third-order valence-electron chi connectivity index (χ3n) is 5.87. The van der Waals surface area contributed by atoms with Gasteiger partial charge in [-0.2, -0.15) is 18.2 Å². The van der Waals surface area contributed by atoms with Gasteiger partial charge in [-0.15, -0.1) is 0 Å². The van der Waals surface area contributed by atoms with Crippen molar-refractivity contribution in [1.82, 2.24) is 5.06 Å². The van der Waals surface area contributed by atoms with Gasteiger partial charge in [-0.25, -0.2) is 0 Å². The molecule has 0 aliphatic heterocycles. The fourth-order valence-electron chi connectivity index (χ4n) is 3.67. The Bertz CT molecular complexity index is 1220. The lowest BCUT2D eigenvalue weighted by atomic mass is 9.91. The van der Waals surface area contributed by atoms with Gasteiger partial charge in [0.1, 0.15) is 0 Å². The molecule has 0 aliphatic carbocycles. The van der Waals surface area contributed by atoms with Crippen LogP contribution < -0.4 is 4.84 Å². The van der Waals surface area contributed by atoms with Gasteiger partial charge in [0.25, 0.3) is 5.91 Å². The SMILES string of the molecule is Cc1cc(C(/C=C/c2ccc(ON(C)C(=O)c3ccccc3C=O)cc2)C(F)(F)F)cc(C)c1C. The maximum Gasteiger partial charge on any atom is 0.399 e. The molecule has 0 saturated carbocycles. The molecule has 3 aromatic carbocycles. The van der Waals surface area contributed by atoms with Crippen LogP contribution in [0.1, 0.15) is 54.5 Å². The van der Waals surface area contributed by atoms with Gasteiger partial charge < -0.3 is 4.84 Å². The van der Waals surface area contributed by atoms with E-state index in [9.17, 15) is 22.8 Å². The van der Waals surface area contributed by atoms with Crippen molar-refractivity contribution in [2.75, 3.05) is 7.05 Å². The van der Waals surface area contributed by atoms with Crippen LogP contribution in [0.15, 0.2) is 66.7 Å². The monoisotopic (exact) mass is 481 g/mol. The van der Waals surface area contributed by atoms with Crippen LogP contribution in [0, 0.1) is 20.8 Å². The Morgan fingerprint density at radius 2 is 1.57 bits per heavy atom. The highest BCUT2D eigenvalue weighted by molar-refractivity contribution is 6.00. The molecule has 0 radical (unpaired) electrons. The highest BCUT2D eigenvalue weighted by Crippen LogP contribution is 2.37. The number of halogens is 3. The number of benzene rings is 3. The molecule has 0 aliphatic rings. The Morgan fingerprint density at radius 1 is 0.971 bits per heavy atom. The molecule has 182 valence electrons. The van der Waals surface area contributed by atoms with Crippen LogP contribution in [0.4, 0.5) is 13.2 Å². The number of aldehydes is 1. The highest BCUT2D eigenvalue weighted by atomic mass is 19.4. The van der Waals surface area contributed by atoms with E-state index in [-0.39, 0.29) is 16.7 Å². The van der Waals surface area contributed by atoms with Gasteiger partial charge >= 0.3 is 6.18 Å². The van der Waals surface area contributed by atoms with Gasteiger partial charge in [-0.3, -0.25) is 9.59 Å². The number of nitrogens with zero attached hydrogens (tertiary/aromatic N) is 1. The lowest BCUT2D eigenvalue weighted by Crippen LogP contribution is -2.30. The van der Waals surface area contributed by atoms with E-state index in [1.165, 1.54) is 25.3 Å². The first kappa shape index (κ1) is 25.7. The predicted molar refractivity (Wildman–Crippen MR) is 129 cm³/mol. The van der Waals surface area contributed by atoms with E-state index in [0.29, 0.717) is 17.6 Å². The summed E-state index contributed by atoms with van der Waals surface area (Å²) < 4.78 is 41.5. The second-order valence-electron chi connectivity index (χ2n) is 8.33. The lowest BCUT2D eigenvalue weighted by molar-refractivity contribution is -0.139. The number of allylic oxidation sites excluding steroid dienone is 1. The first-order chi connectivity index (χ1) is 16.5. The summed E-state index contributed by atoms with van der Waals surface area (Å²) in [5.41, 5.74) is 3.80. The van der Waals surface area contributed by atoms with Crippen molar-refractivity contribution in [2.24, 2.45) is 0 Å². The van der Waals surface area contributed by atoms with Crippen LogP contribution in [0.3, 0.4) is 0 Å². The van der Waals surface area contributed by atoms with E-state index in [1.54, 1.807) is 62.4 Å². The van der Waals surface area contributed by atoms with Crippen LogP contribution >= 0.6 is 0 Å². The zero-order valence-corrected chi connectivity index (χ0v) is 19.9. The number of aryl methyl sites for hydroxylation is 2. The smallest absolute Gasteiger partial charge is 0.377 e. The molecule has 0 bridgehead atoms. The summed E-state index contributed by atoms with van der Waals surface area (Å²) in [6, 6.07) is 15.8. The summed E-state index contributed by atoms with van der Waals surface area (Å²) in [4.78, 5) is 29.3. The van der Waals surface area contributed by atoms with E-state index in [4.69, 9.17) is 4.84 Å². The minimum atomic E-state index is -4.44. The Balaban J connectivity index is 1.75. The molecular formula is C28H26F3NO3. The number of amides is 1. The summed E-state index contributed by atoms with van der Waals surface area (Å²) in [5.74, 6) is -1.93. The molecule has 0 spiro atoms. The van der Waals surface area contributed by atoms with Gasteiger partial charge in [0.2, 0.25) is 0 Å². The molecule has 0 heterocycles. The molecular weight excluding hydrogens is 455 g/mol. The van der Waals surface area contributed by atoms with Crippen molar-refractivity contribution < 1.29 is 27.6 Å². The van der Waals surface area contributed by atoms with Crippen LogP contribution in [-0.4, -0.2) is 30.5 Å². The molecule has 0 saturated heterocycles. The quantitative estimate of drug-likeness (QED) is 0.274. The van der Waals surface area contributed by atoms with Crippen molar-refractivity contribution >= 4 is 18.3 Å². The van der Waals surface area contributed by atoms with E-state index in [0.717, 1.165) is 27.8 Å². The Kier molecular flexibility index (Phi) is 7.79. The number of hydroxylamine groups is 2. The molecule has 3 rings (SSSR count). The van der Waals surface area contributed by atoms with E-state index >= 15 is 0 Å². The van der Waals surface area contributed by atoms with Gasteiger partial charge in [0.15, 0.2) is 12.0 Å².